The van der Waals surface area contributed by atoms with Crippen molar-refractivity contribution in [2.24, 2.45) is 0 Å². The van der Waals surface area contributed by atoms with E-state index >= 15 is 0 Å². The molecule has 0 spiro atoms. The quantitative estimate of drug-likeness (QED) is 0.623. The number of benzene rings is 2. The monoisotopic (exact) mass is 313 g/mol. The van der Waals surface area contributed by atoms with Crippen molar-refractivity contribution in [1.82, 2.24) is 0 Å². The molecule has 0 aromatic heterocycles. The molecule has 0 aliphatic carbocycles. The van der Waals surface area contributed by atoms with Crippen molar-refractivity contribution in [1.29, 1.82) is 5.26 Å². The van der Waals surface area contributed by atoms with Gasteiger partial charge in [0.1, 0.15) is 0 Å². The third kappa shape index (κ3) is 3.80. The summed E-state index contributed by atoms with van der Waals surface area (Å²) in [5, 5.41) is 8.86. The standard InChI is InChI=1S/C17H15NO3S/c1-20-16-9-13(10-18)5-8-15(16)21-17(19)14-6-3-12(4-7-14)11-22-2/h3-9H,11H2,1-2H3. The molecular weight excluding hydrogens is 298 g/mol. The number of ether oxygens (including phenoxy) is 2. The predicted molar refractivity (Wildman–Crippen MR) is 86.3 cm³/mol. The van der Waals surface area contributed by atoms with E-state index in [1.807, 2.05) is 24.5 Å². The second kappa shape index (κ2) is 7.53. The molecule has 0 saturated carbocycles. The molecule has 0 heterocycles. The largest absolute Gasteiger partial charge is 0.493 e. The Morgan fingerprint density at radius 1 is 1.18 bits per heavy atom. The van der Waals surface area contributed by atoms with E-state index in [0.29, 0.717) is 22.6 Å². The van der Waals surface area contributed by atoms with E-state index in [0.717, 1.165) is 11.3 Å². The highest BCUT2D eigenvalue weighted by Crippen LogP contribution is 2.28. The molecule has 0 fully saturated rings. The maximum Gasteiger partial charge on any atom is 0.343 e. The van der Waals surface area contributed by atoms with Crippen molar-refractivity contribution in [2.45, 2.75) is 5.75 Å². The smallest absolute Gasteiger partial charge is 0.343 e. The maximum absolute atomic E-state index is 12.2. The molecule has 0 N–H and O–H groups in total. The zero-order valence-corrected chi connectivity index (χ0v) is 13.1. The van der Waals surface area contributed by atoms with Crippen molar-refractivity contribution in [3.8, 4) is 17.6 Å². The molecule has 0 bridgehead atoms. The number of hydrogen-bond donors (Lipinski definition) is 0. The van der Waals surface area contributed by atoms with Gasteiger partial charge in [0.15, 0.2) is 11.5 Å². The summed E-state index contributed by atoms with van der Waals surface area (Å²) in [7, 11) is 1.46. The normalized spacial score (nSPS) is 9.86. The van der Waals surface area contributed by atoms with Crippen LogP contribution in [0.5, 0.6) is 11.5 Å². The molecule has 0 saturated heterocycles. The first kappa shape index (κ1) is 15.9. The molecule has 22 heavy (non-hydrogen) atoms. The number of nitrogens with zero attached hydrogens (tertiary/aromatic N) is 1. The van der Waals surface area contributed by atoms with Gasteiger partial charge in [-0.25, -0.2) is 4.79 Å². The summed E-state index contributed by atoms with van der Waals surface area (Å²) in [4.78, 5) is 12.2. The number of carbonyl (C=O) groups excluding carboxylic acids is 1. The highest BCUT2D eigenvalue weighted by atomic mass is 32.2. The average Bonchev–Trinajstić information content (AvgIpc) is 2.56. The van der Waals surface area contributed by atoms with Crippen LogP contribution in [0.25, 0.3) is 0 Å². The van der Waals surface area contributed by atoms with E-state index in [1.165, 1.54) is 13.2 Å². The zero-order chi connectivity index (χ0) is 15.9. The molecule has 5 heteroatoms. The summed E-state index contributed by atoms with van der Waals surface area (Å²) in [6, 6.07) is 14.0. The number of thioether (sulfide) groups is 1. The Hall–Kier alpha value is -2.45. The lowest BCUT2D eigenvalue weighted by Crippen LogP contribution is -2.09. The van der Waals surface area contributed by atoms with Crippen molar-refractivity contribution in [3.63, 3.8) is 0 Å². The minimum absolute atomic E-state index is 0.291. The fourth-order valence-electron chi connectivity index (χ4n) is 1.88. The van der Waals surface area contributed by atoms with Crippen molar-refractivity contribution in [3.05, 3.63) is 59.2 Å². The Morgan fingerprint density at radius 2 is 1.91 bits per heavy atom. The average molecular weight is 313 g/mol. The van der Waals surface area contributed by atoms with Crippen LogP contribution < -0.4 is 9.47 Å². The molecular formula is C17H15NO3S. The van der Waals surface area contributed by atoms with Crippen LogP contribution in [0, 0.1) is 11.3 Å². The van der Waals surface area contributed by atoms with Gasteiger partial charge >= 0.3 is 5.97 Å². The number of carbonyl (C=O) groups is 1. The first-order chi connectivity index (χ1) is 10.7. The number of methoxy groups -OCH3 is 1. The van der Waals surface area contributed by atoms with Gasteiger partial charge in [-0.05, 0) is 36.1 Å². The fraction of sp³-hybridized carbons (Fsp3) is 0.176. The number of nitriles is 1. The molecule has 2 rings (SSSR count). The first-order valence-corrected chi connectivity index (χ1v) is 7.95. The molecule has 0 amide bonds. The van der Waals surface area contributed by atoms with Gasteiger partial charge in [-0.1, -0.05) is 12.1 Å². The lowest BCUT2D eigenvalue weighted by atomic mass is 10.1. The molecule has 112 valence electrons. The number of hydrogen-bond acceptors (Lipinski definition) is 5. The van der Waals surface area contributed by atoms with Gasteiger partial charge < -0.3 is 9.47 Å². The van der Waals surface area contributed by atoms with Crippen molar-refractivity contribution in [2.75, 3.05) is 13.4 Å². The molecule has 0 aliphatic rings. The van der Waals surface area contributed by atoms with Gasteiger partial charge in [-0.15, -0.1) is 0 Å². The van der Waals surface area contributed by atoms with Crippen LogP contribution in [0.4, 0.5) is 0 Å². The van der Waals surface area contributed by atoms with E-state index in [1.54, 1.807) is 36.0 Å². The van der Waals surface area contributed by atoms with E-state index < -0.39 is 5.97 Å². The lowest BCUT2D eigenvalue weighted by molar-refractivity contribution is 0.0729. The van der Waals surface area contributed by atoms with Crippen LogP contribution >= 0.6 is 11.8 Å². The predicted octanol–water partition coefficient (Wildman–Crippen LogP) is 3.65. The van der Waals surface area contributed by atoms with Gasteiger partial charge in [-0.2, -0.15) is 17.0 Å². The third-order valence-corrected chi connectivity index (χ3v) is 3.62. The number of esters is 1. The SMILES string of the molecule is COc1cc(C#N)ccc1OC(=O)c1ccc(CSC)cc1. The summed E-state index contributed by atoms with van der Waals surface area (Å²) in [6.45, 7) is 0. The summed E-state index contributed by atoms with van der Waals surface area (Å²) in [5.74, 6) is 1.09. The van der Waals surface area contributed by atoms with Crippen LogP contribution in [-0.2, 0) is 5.75 Å². The van der Waals surface area contributed by atoms with Crippen LogP contribution in [0.2, 0.25) is 0 Å². The summed E-state index contributed by atoms with van der Waals surface area (Å²) >= 11 is 1.72. The second-order valence-corrected chi connectivity index (χ2v) is 5.36. The van der Waals surface area contributed by atoms with Crippen LogP contribution in [0.1, 0.15) is 21.5 Å². The van der Waals surface area contributed by atoms with Crippen LogP contribution in [0.15, 0.2) is 42.5 Å². The Labute approximate surface area is 133 Å². The Kier molecular flexibility index (Phi) is 5.45. The lowest BCUT2D eigenvalue weighted by Gasteiger charge is -2.09. The molecule has 2 aromatic rings. The minimum Gasteiger partial charge on any atom is -0.493 e. The van der Waals surface area contributed by atoms with E-state index in [2.05, 4.69) is 0 Å². The van der Waals surface area contributed by atoms with E-state index in [-0.39, 0.29) is 0 Å². The van der Waals surface area contributed by atoms with Gasteiger partial charge in [-0.3, -0.25) is 0 Å². The molecule has 0 unspecified atom stereocenters. The number of rotatable bonds is 5. The maximum atomic E-state index is 12.2. The molecule has 2 aromatic carbocycles. The second-order valence-electron chi connectivity index (χ2n) is 4.50. The van der Waals surface area contributed by atoms with Gasteiger partial charge in [0.05, 0.1) is 24.3 Å². The fourth-order valence-corrected chi connectivity index (χ4v) is 2.41. The summed E-state index contributed by atoms with van der Waals surface area (Å²) in [5.41, 5.74) is 2.06. The third-order valence-electron chi connectivity index (χ3n) is 3.00. The molecule has 4 nitrogen and oxygen atoms in total. The van der Waals surface area contributed by atoms with Crippen LogP contribution in [0.3, 0.4) is 0 Å². The van der Waals surface area contributed by atoms with Crippen LogP contribution in [-0.4, -0.2) is 19.3 Å². The summed E-state index contributed by atoms with van der Waals surface area (Å²) in [6.07, 6.45) is 2.03. The highest BCUT2D eigenvalue weighted by molar-refractivity contribution is 7.97. The summed E-state index contributed by atoms with van der Waals surface area (Å²) < 4.78 is 10.5. The highest BCUT2D eigenvalue weighted by Gasteiger charge is 2.13. The molecule has 0 atom stereocenters. The Bertz CT molecular complexity index is 705. The van der Waals surface area contributed by atoms with E-state index in [9.17, 15) is 4.79 Å². The molecule has 0 radical (unpaired) electrons. The van der Waals surface area contributed by atoms with E-state index in [4.69, 9.17) is 14.7 Å². The first-order valence-electron chi connectivity index (χ1n) is 6.56. The van der Waals surface area contributed by atoms with Gasteiger partial charge in [0, 0.05) is 11.8 Å². The Morgan fingerprint density at radius 3 is 2.50 bits per heavy atom. The topological polar surface area (TPSA) is 59.3 Å². The van der Waals surface area contributed by atoms with Gasteiger partial charge in [0.25, 0.3) is 0 Å². The van der Waals surface area contributed by atoms with Crippen molar-refractivity contribution >= 4 is 17.7 Å². The zero-order valence-electron chi connectivity index (χ0n) is 12.3. The Balaban J connectivity index is 2.16. The molecule has 0 aliphatic heterocycles. The minimum atomic E-state index is -0.460. The van der Waals surface area contributed by atoms with Gasteiger partial charge in [0.2, 0.25) is 0 Å². The van der Waals surface area contributed by atoms with Crippen molar-refractivity contribution < 1.29 is 14.3 Å².